The highest BCUT2D eigenvalue weighted by Crippen LogP contribution is 2.11. The van der Waals surface area contributed by atoms with Crippen molar-refractivity contribution in [2.24, 2.45) is 0 Å². The van der Waals surface area contributed by atoms with Crippen LogP contribution in [-0.4, -0.2) is 6.61 Å². The molecule has 0 aliphatic heterocycles. The van der Waals surface area contributed by atoms with Gasteiger partial charge in [0.25, 0.3) is 0 Å². The Kier molecular flexibility index (Phi) is 3.67. The van der Waals surface area contributed by atoms with Crippen LogP contribution in [0.15, 0.2) is 18.2 Å². The standard InChI is InChI=1S/C11H10N2O/c1-2-14-8-10-4-3-9(6-12)5-11(10)7-13/h3-5H,2,8H2,1H3. The molecule has 1 aromatic rings. The quantitative estimate of drug-likeness (QED) is 0.725. The largest absolute Gasteiger partial charge is 0.377 e. The van der Waals surface area contributed by atoms with Crippen molar-refractivity contribution in [3.63, 3.8) is 0 Å². The minimum absolute atomic E-state index is 0.422. The number of nitrogens with zero attached hydrogens (tertiary/aromatic N) is 2. The normalized spacial score (nSPS) is 9.07. The van der Waals surface area contributed by atoms with Crippen molar-refractivity contribution in [3.8, 4) is 12.1 Å². The first-order chi connectivity index (χ1) is 6.81. The maximum Gasteiger partial charge on any atom is 0.0995 e. The summed E-state index contributed by atoms with van der Waals surface area (Å²) >= 11 is 0. The molecule has 0 fully saturated rings. The molecule has 3 heteroatoms. The van der Waals surface area contributed by atoms with Gasteiger partial charge in [-0.25, -0.2) is 0 Å². The van der Waals surface area contributed by atoms with Crippen molar-refractivity contribution in [2.75, 3.05) is 6.61 Å². The van der Waals surface area contributed by atoms with Gasteiger partial charge in [-0.3, -0.25) is 0 Å². The van der Waals surface area contributed by atoms with E-state index < -0.39 is 0 Å². The summed E-state index contributed by atoms with van der Waals surface area (Å²) in [6.07, 6.45) is 0. The van der Waals surface area contributed by atoms with Gasteiger partial charge < -0.3 is 4.74 Å². The lowest BCUT2D eigenvalue weighted by molar-refractivity contribution is 0.134. The molecule has 0 saturated heterocycles. The Morgan fingerprint density at radius 1 is 1.29 bits per heavy atom. The predicted octanol–water partition coefficient (Wildman–Crippen LogP) is 1.97. The van der Waals surface area contributed by atoms with Crippen LogP contribution in [0, 0.1) is 22.7 Å². The zero-order valence-corrected chi connectivity index (χ0v) is 7.95. The number of hydrogen-bond acceptors (Lipinski definition) is 3. The zero-order chi connectivity index (χ0) is 10.4. The predicted molar refractivity (Wildman–Crippen MR) is 51.2 cm³/mol. The van der Waals surface area contributed by atoms with Crippen molar-refractivity contribution in [1.29, 1.82) is 10.5 Å². The summed E-state index contributed by atoms with van der Waals surface area (Å²) in [6.45, 7) is 2.94. The Labute approximate surface area is 83.2 Å². The molecule has 0 spiro atoms. The van der Waals surface area contributed by atoms with Crippen LogP contribution in [0.1, 0.15) is 23.6 Å². The van der Waals surface area contributed by atoms with Gasteiger partial charge in [0.15, 0.2) is 0 Å². The molecule has 3 nitrogen and oxygen atoms in total. The molecule has 70 valence electrons. The van der Waals surface area contributed by atoms with E-state index in [4.69, 9.17) is 15.3 Å². The van der Waals surface area contributed by atoms with Crippen molar-refractivity contribution >= 4 is 0 Å². The second-order valence-electron chi connectivity index (χ2n) is 2.73. The summed E-state index contributed by atoms with van der Waals surface area (Å²) in [5, 5.41) is 17.5. The van der Waals surface area contributed by atoms with Crippen LogP contribution >= 0.6 is 0 Å². The third kappa shape index (κ3) is 2.32. The minimum atomic E-state index is 0.422. The molecule has 0 unspecified atom stereocenters. The second kappa shape index (κ2) is 5.01. The highest BCUT2D eigenvalue weighted by atomic mass is 16.5. The number of hydrogen-bond donors (Lipinski definition) is 0. The molecule has 0 radical (unpaired) electrons. The van der Waals surface area contributed by atoms with E-state index in [-0.39, 0.29) is 0 Å². The SMILES string of the molecule is CCOCc1ccc(C#N)cc1C#N. The fourth-order valence-electron chi connectivity index (χ4n) is 1.09. The molecule has 1 aromatic carbocycles. The smallest absolute Gasteiger partial charge is 0.0995 e. The van der Waals surface area contributed by atoms with Crippen LogP contribution in [0.3, 0.4) is 0 Å². The van der Waals surface area contributed by atoms with E-state index in [1.54, 1.807) is 18.2 Å². The van der Waals surface area contributed by atoms with Crippen molar-refractivity contribution in [3.05, 3.63) is 34.9 Å². The molecule has 1 rings (SSSR count). The van der Waals surface area contributed by atoms with Gasteiger partial charge >= 0.3 is 0 Å². The Morgan fingerprint density at radius 3 is 2.64 bits per heavy atom. The molecule has 0 aliphatic rings. The van der Waals surface area contributed by atoms with Gasteiger partial charge in [-0.05, 0) is 24.6 Å². The van der Waals surface area contributed by atoms with E-state index in [0.29, 0.717) is 24.3 Å². The van der Waals surface area contributed by atoms with E-state index in [2.05, 4.69) is 0 Å². The average Bonchev–Trinajstić information content (AvgIpc) is 2.26. The van der Waals surface area contributed by atoms with E-state index in [1.165, 1.54) is 0 Å². The first-order valence-electron chi connectivity index (χ1n) is 4.32. The molecule has 14 heavy (non-hydrogen) atoms. The molecule has 0 atom stereocenters. The van der Waals surface area contributed by atoms with Crippen molar-refractivity contribution < 1.29 is 4.74 Å². The summed E-state index contributed by atoms with van der Waals surface area (Å²) in [4.78, 5) is 0. The van der Waals surface area contributed by atoms with E-state index in [0.717, 1.165) is 5.56 Å². The van der Waals surface area contributed by atoms with Gasteiger partial charge in [-0.2, -0.15) is 10.5 Å². The molecule has 0 saturated carbocycles. The lowest BCUT2D eigenvalue weighted by atomic mass is 10.1. The summed E-state index contributed by atoms with van der Waals surface area (Å²) in [7, 11) is 0. The second-order valence-corrected chi connectivity index (χ2v) is 2.73. The van der Waals surface area contributed by atoms with E-state index >= 15 is 0 Å². The Bertz CT molecular complexity index is 399. The molecule has 0 heterocycles. The van der Waals surface area contributed by atoms with Gasteiger partial charge in [0.1, 0.15) is 0 Å². The molecular weight excluding hydrogens is 176 g/mol. The van der Waals surface area contributed by atoms with Crippen LogP contribution in [0.5, 0.6) is 0 Å². The number of rotatable bonds is 3. The Hall–Kier alpha value is -1.84. The number of nitriles is 2. The molecular formula is C11H10N2O. The molecule has 0 bridgehead atoms. The van der Waals surface area contributed by atoms with Crippen LogP contribution in [0.4, 0.5) is 0 Å². The lowest BCUT2D eigenvalue weighted by Crippen LogP contribution is -1.95. The van der Waals surface area contributed by atoms with Gasteiger partial charge in [-0.15, -0.1) is 0 Å². The van der Waals surface area contributed by atoms with Crippen LogP contribution in [-0.2, 0) is 11.3 Å². The molecule has 0 aromatic heterocycles. The lowest BCUT2D eigenvalue weighted by Gasteiger charge is -2.03. The monoisotopic (exact) mass is 186 g/mol. The van der Waals surface area contributed by atoms with Gasteiger partial charge in [-0.1, -0.05) is 6.07 Å². The highest BCUT2D eigenvalue weighted by Gasteiger charge is 2.02. The molecule has 0 N–H and O–H groups in total. The van der Waals surface area contributed by atoms with Crippen molar-refractivity contribution in [2.45, 2.75) is 13.5 Å². The van der Waals surface area contributed by atoms with Crippen LogP contribution in [0.25, 0.3) is 0 Å². The summed E-state index contributed by atoms with van der Waals surface area (Å²) < 4.78 is 5.20. The van der Waals surface area contributed by atoms with Crippen molar-refractivity contribution in [1.82, 2.24) is 0 Å². The summed E-state index contributed by atoms with van der Waals surface area (Å²) in [5.74, 6) is 0. The number of ether oxygens (including phenoxy) is 1. The van der Waals surface area contributed by atoms with E-state index in [1.807, 2.05) is 19.1 Å². The maximum atomic E-state index is 8.82. The third-order valence-corrected chi connectivity index (χ3v) is 1.82. The fraction of sp³-hybridized carbons (Fsp3) is 0.273. The van der Waals surface area contributed by atoms with Gasteiger partial charge in [0, 0.05) is 6.61 Å². The summed E-state index contributed by atoms with van der Waals surface area (Å²) in [5.41, 5.74) is 1.84. The van der Waals surface area contributed by atoms with Gasteiger partial charge in [0.2, 0.25) is 0 Å². The minimum Gasteiger partial charge on any atom is -0.377 e. The van der Waals surface area contributed by atoms with E-state index in [9.17, 15) is 0 Å². The van der Waals surface area contributed by atoms with Crippen LogP contribution < -0.4 is 0 Å². The van der Waals surface area contributed by atoms with Gasteiger partial charge in [0.05, 0.1) is 29.9 Å². The fourth-order valence-corrected chi connectivity index (χ4v) is 1.09. The third-order valence-electron chi connectivity index (χ3n) is 1.82. The topological polar surface area (TPSA) is 56.8 Å². The summed E-state index contributed by atoms with van der Waals surface area (Å²) in [6, 6.07) is 9.07. The Balaban J connectivity index is 2.96. The zero-order valence-electron chi connectivity index (χ0n) is 7.95. The van der Waals surface area contributed by atoms with Crippen LogP contribution in [0.2, 0.25) is 0 Å². The molecule has 0 aliphatic carbocycles. The molecule has 0 amide bonds. The first-order valence-corrected chi connectivity index (χ1v) is 4.32. The number of benzene rings is 1. The first kappa shape index (κ1) is 10.2. The highest BCUT2D eigenvalue weighted by molar-refractivity contribution is 5.44. The Morgan fingerprint density at radius 2 is 2.07 bits per heavy atom. The average molecular weight is 186 g/mol. The maximum absolute atomic E-state index is 8.82.